The maximum Gasteiger partial charge on any atom is 0.433 e. The summed E-state index contributed by atoms with van der Waals surface area (Å²) in [5, 5.41) is 13.3. The molecule has 0 radical (unpaired) electrons. The minimum atomic E-state index is -0.702. The van der Waals surface area contributed by atoms with E-state index in [0.717, 1.165) is 22.8 Å². The predicted molar refractivity (Wildman–Crippen MR) is 102 cm³/mol. The average Bonchev–Trinajstić information content (AvgIpc) is 3.28. The summed E-state index contributed by atoms with van der Waals surface area (Å²) in [4.78, 5) is 26.7. The number of nitrogens with one attached hydrogen (secondary N) is 1. The smallest absolute Gasteiger partial charge is 0.433 e. The maximum absolute atomic E-state index is 12.2. The highest BCUT2D eigenvalue weighted by Crippen LogP contribution is 2.28. The molecule has 8 heteroatoms. The first-order valence-corrected chi connectivity index (χ1v) is 8.44. The molecule has 8 nitrogen and oxygen atoms in total. The second-order valence-corrected chi connectivity index (χ2v) is 6.43. The lowest BCUT2D eigenvalue weighted by Gasteiger charge is -2.01. The van der Waals surface area contributed by atoms with Gasteiger partial charge in [0, 0.05) is 11.3 Å². The fraction of sp³-hybridized carbons (Fsp3) is 0.100. The van der Waals surface area contributed by atoms with Crippen molar-refractivity contribution in [1.29, 1.82) is 0 Å². The molecule has 0 bridgehead atoms. The highest BCUT2D eigenvalue weighted by Gasteiger charge is 2.18. The van der Waals surface area contributed by atoms with Crippen LogP contribution < -0.4 is 5.32 Å². The first kappa shape index (κ1) is 17.5. The topological polar surface area (TPSA) is 111 Å². The van der Waals surface area contributed by atoms with Crippen molar-refractivity contribution >= 4 is 28.6 Å². The number of aromatic nitrogens is 1. The Morgan fingerprint density at radius 1 is 1.04 bits per heavy atom. The number of furan rings is 1. The molecule has 0 aliphatic carbocycles. The molecule has 1 amide bonds. The molecular weight excluding hydrogens is 362 g/mol. The summed E-state index contributed by atoms with van der Waals surface area (Å²) in [6.07, 6.45) is 0. The van der Waals surface area contributed by atoms with E-state index < -0.39 is 16.7 Å². The molecule has 0 fully saturated rings. The Labute approximate surface area is 158 Å². The fourth-order valence-corrected chi connectivity index (χ4v) is 2.97. The van der Waals surface area contributed by atoms with Crippen molar-refractivity contribution < 1.29 is 18.6 Å². The Morgan fingerprint density at radius 2 is 1.79 bits per heavy atom. The van der Waals surface area contributed by atoms with Gasteiger partial charge in [-0.15, -0.1) is 0 Å². The summed E-state index contributed by atoms with van der Waals surface area (Å²) < 4.78 is 10.7. The van der Waals surface area contributed by atoms with Gasteiger partial charge in [-0.2, -0.15) is 0 Å². The number of benzene rings is 2. The third-order valence-electron chi connectivity index (χ3n) is 4.11. The van der Waals surface area contributed by atoms with Crippen molar-refractivity contribution in [1.82, 2.24) is 4.98 Å². The van der Waals surface area contributed by atoms with Crippen LogP contribution in [0.1, 0.15) is 21.7 Å². The van der Waals surface area contributed by atoms with E-state index >= 15 is 0 Å². The number of oxazole rings is 1. The zero-order chi connectivity index (χ0) is 19.8. The first-order valence-electron chi connectivity index (χ1n) is 8.44. The number of carbonyl (C=O) groups excluding carboxylic acids is 1. The molecule has 2 heterocycles. The molecule has 2 aromatic heterocycles. The van der Waals surface area contributed by atoms with Crippen LogP contribution in [0.4, 0.5) is 11.6 Å². The van der Waals surface area contributed by atoms with E-state index in [-0.39, 0.29) is 5.76 Å². The first-order chi connectivity index (χ1) is 13.4. The highest BCUT2D eigenvalue weighted by molar-refractivity contribution is 6.03. The molecule has 0 aliphatic rings. The quantitative estimate of drug-likeness (QED) is 0.401. The highest BCUT2D eigenvalue weighted by atomic mass is 16.6. The Bertz CT molecular complexity index is 1200. The molecule has 0 saturated heterocycles. The number of nitro groups is 1. The van der Waals surface area contributed by atoms with Crippen LogP contribution in [0.2, 0.25) is 0 Å². The van der Waals surface area contributed by atoms with Crippen molar-refractivity contribution in [2.24, 2.45) is 0 Å². The van der Waals surface area contributed by atoms with Crippen LogP contribution >= 0.6 is 0 Å². The molecule has 1 N–H and O–H groups in total. The van der Waals surface area contributed by atoms with Crippen LogP contribution in [0.25, 0.3) is 22.6 Å². The second kappa shape index (κ2) is 6.66. The van der Waals surface area contributed by atoms with Gasteiger partial charge in [0.25, 0.3) is 5.91 Å². The van der Waals surface area contributed by atoms with Crippen molar-refractivity contribution in [3.8, 4) is 11.5 Å². The van der Waals surface area contributed by atoms with Gasteiger partial charge in [0.2, 0.25) is 5.89 Å². The molecule has 4 rings (SSSR count). The number of hydrogen-bond acceptors (Lipinski definition) is 6. The Balaban J connectivity index is 1.60. The number of nitrogens with zero attached hydrogens (tertiary/aromatic N) is 2. The minimum absolute atomic E-state index is 0.150. The van der Waals surface area contributed by atoms with Crippen LogP contribution in [0.3, 0.4) is 0 Å². The van der Waals surface area contributed by atoms with Gasteiger partial charge in [0.15, 0.2) is 11.3 Å². The zero-order valence-electron chi connectivity index (χ0n) is 15.1. The van der Waals surface area contributed by atoms with E-state index in [2.05, 4.69) is 16.4 Å². The van der Waals surface area contributed by atoms with Gasteiger partial charge in [0.05, 0.1) is 6.07 Å². The van der Waals surface area contributed by atoms with Gasteiger partial charge in [-0.05, 0) is 50.2 Å². The van der Waals surface area contributed by atoms with Gasteiger partial charge in [-0.3, -0.25) is 14.9 Å². The maximum atomic E-state index is 12.2. The summed E-state index contributed by atoms with van der Waals surface area (Å²) in [6.45, 7) is 4.01. The van der Waals surface area contributed by atoms with Crippen LogP contribution in [0, 0.1) is 24.0 Å². The van der Waals surface area contributed by atoms with Crippen molar-refractivity contribution in [2.45, 2.75) is 13.8 Å². The molecule has 0 aliphatic heterocycles. The van der Waals surface area contributed by atoms with Gasteiger partial charge >= 0.3 is 5.88 Å². The van der Waals surface area contributed by atoms with Crippen LogP contribution in [0.15, 0.2) is 57.4 Å². The molecule has 0 unspecified atom stereocenters. The summed E-state index contributed by atoms with van der Waals surface area (Å²) in [5.41, 5.74) is 4.73. The molecule has 0 saturated carbocycles. The van der Waals surface area contributed by atoms with E-state index in [1.807, 2.05) is 26.0 Å². The molecular formula is C20H15N3O5. The summed E-state index contributed by atoms with van der Waals surface area (Å²) in [6, 6.07) is 13.5. The van der Waals surface area contributed by atoms with Gasteiger partial charge in [-0.1, -0.05) is 17.2 Å². The van der Waals surface area contributed by atoms with E-state index in [9.17, 15) is 14.9 Å². The van der Waals surface area contributed by atoms with Crippen LogP contribution in [0.5, 0.6) is 0 Å². The normalized spacial score (nSPS) is 10.9. The van der Waals surface area contributed by atoms with Crippen molar-refractivity contribution in [3.63, 3.8) is 0 Å². The molecule has 0 spiro atoms. The molecule has 4 aromatic rings. The summed E-state index contributed by atoms with van der Waals surface area (Å²) in [5.74, 6) is -0.740. The predicted octanol–water partition coefficient (Wildman–Crippen LogP) is 4.87. The largest absolute Gasteiger partial charge is 0.436 e. The molecule has 2 aromatic carbocycles. The number of anilines is 1. The van der Waals surface area contributed by atoms with Crippen molar-refractivity contribution in [3.05, 3.63) is 75.5 Å². The monoisotopic (exact) mass is 377 g/mol. The number of aryl methyl sites for hydroxylation is 2. The number of rotatable bonds is 4. The lowest BCUT2D eigenvalue weighted by molar-refractivity contribution is -0.402. The molecule has 28 heavy (non-hydrogen) atoms. The van der Waals surface area contributed by atoms with Crippen LogP contribution in [-0.4, -0.2) is 15.8 Å². The Kier molecular flexibility index (Phi) is 4.15. The van der Waals surface area contributed by atoms with E-state index in [4.69, 9.17) is 8.83 Å². The van der Waals surface area contributed by atoms with Gasteiger partial charge in [-0.25, -0.2) is 4.98 Å². The van der Waals surface area contributed by atoms with E-state index in [1.165, 1.54) is 6.07 Å². The lowest BCUT2D eigenvalue weighted by Crippen LogP contribution is -2.10. The van der Waals surface area contributed by atoms with E-state index in [0.29, 0.717) is 22.7 Å². The van der Waals surface area contributed by atoms with Gasteiger partial charge in [0.1, 0.15) is 10.4 Å². The third-order valence-corrected chi connectivity index (χ3v) is 4.11. The zero-order valence-corrected chi connectivity index (χ0v) is 15.1. The number of amides is 1. The second-order valence-electron chi connectivity index (χ2n) is 6.43. The number of fused-ring (bicyclic) bond motifs is 1. The fourth-order valence-electron chi connectivity index (χ4n) is 2.97. The standard InChI is InChI=1S/C20H15N3O5/c1-11-7-12(2)9-13(8-11)20-22-15-10-14(3-4-16(15)28-20)21-19(24)17-5-6-18(27-17)23(25)26/h3-10H,1-2H3,(H,21,24). The number of hydrogen-bond donors (Lipinski definition) is 1. The van der Waals surface area contributed by atoms with Crippen LogP contribution in [-0.2, 0) is 0 Å². The summed E-state index contributed by atoms with van der Waals surface area (Å²) >= 11 is 0. The summed E-state index contributed by atoms with van der Waals surface area (Å²) in [7, 11) is 0. The Morgan fingerprint density at radius 3 is 2.46 bits per heavy atom. The van der Waals surface area contributed by atoms with Crippen molar-refractivity contribution in [2.75, 3.05) is 5.32 Å². The number of carbonyl (C=O) groups is 1. The minimum Gasteiger partial charge on any atom is -0.436 e. The lowest BCUT2D eigenvalue weighted by atomic mass is 10.1. The Hall–Kier alpha value is -3.94. The van der Waals surface area contributed by atoms with Gasteiger partial charge < -0.3 is 14.2 Å². The van der Waals surface area contributed by atoms with E-state index in [1.54, 1.807) is 18.2 Å². The third kappa shape index (κ3) is 3.35. The molecule has 0 atom stereocenters. The molecule has 140 valence electrons. The SMILES string of the molecule is Cc1cc(C)cc(-c2nc3cc(NC(=O)c4ccc([N+](=O)[O-])o4)ccc3o2)c1. The average molecular weight is 377 g/mol.